The fourth-order valence-corrected chi connectivity index (χ4v) is 3.69. The molecule has 3 aromatic heterocycles. The van der Waals surface area contributed by atoms with E-state index < -0.39 is 5.60 Å². The van der Waals surface area contributed by atoms with Crippen molar-refractivity contribution in [3.05, 3.63) is 24.4 Å². The quantitative estimate of drug-likeness (QED) is 0.512. The Morgan fingerprint density at radius 3 is 2.58 bits per heavy atom. The Bertz CT molecular complexity index is 872. The number of nitrogens with zero attached hydrogens (tertiary/aromatic N) is 2. The number of thiophene rings is 1. The highest BCUT2D eigenvalue weighted by atomic mass is 32.1. The number of aromatic nitrogens is 3. The molecular formula is C19H27N5OS. The Kier molecular flexibility index (Phi) is 4.94. The smallest absolute Gasteiger partial charge is 0.129 e. The lowest BCUT2D eigenvalue weighted by Crippen LogP contribution is -2.26. The van der Waals surface area contributed by atoms with Crippen LogP contribution >= 0.6 is 11.3 Å². The summed E-state index contributed by atoms with van der Waals surface area (Å²) >= 11 is 1.68. The summed E-state index contributed by atoms with van der Waals surface area (Å²) in [5.41, 5.74) is 2.19. The van der Waals surface area contributed by atoms with Crippen LogP contribution in [0, 0.1) is 0 Å². The van der Waals surface area contributed by atoms with Gasteiger partial charge in [0.2, 0.25) is 0 Å². The van der Waals surface area contributed by atoms with E-state index in [1.165, 1.54) is 0 Å². The first-order chi connectivity index (χ1) is 12.1. The Morgan fingerprint density at radius 1 is 1.19 bits per heavy atom. The summed E-state index contributed by atoms with van der Waals surface area (Å²) in [7, 11) is 0. The highest BCUT2D eigenvalue weighted by Crippen LogP contribution is 2.37. The van der Waals surface area contributed by atoms with Crippen molar-refractivity contribution in [2.45, 2.75) is 52.2 Å². The average molecular weight is 374 g/mol. The van der Waals surface area contributed by atoms with Gasteiger partial charge in [0.05, 0.1) is 32.1 Å². The third-order valence-corrected chi connectivity index (χ3v) is 4.99. The van der Waals surface area contributed by atoms with Gasteiger partial charge in [-0.15, -0.1) is 11.3 Å². The van der Waals surface area contributed by atoms with Crippen molar-refractivity contribution < 1.29 is 5.11 Å². The van der Waals surface area contributed by atoms with Gasteiger partial charge in [0.25, 0.3) is 0 Å². The molecule has 140 valence electrons. The fraction of sp³-hybridized carbons (Fsp3) is 0.474. The van der Waals surface area contributed by atoms with Gasteiger partial charge in [-0.05, 0) is 53.2 Å². The SMILES string of the molecule is CC(C)(O)CCNc1cc(NC(C)(C)C)nc2cc(-c3ccn[nH]3)sc12. The number of pyridine rings is 1. The molecule has 3 heterocycles. The van der Waals surface area contributed by atoms with Gasteiger partial charge in [-0.25, -0.2) is 4.98 Å². The Hall–Kier alpha value is -2.12. The average Bonchev–Trinajstić information content (AvgIpc) is 3.12. The molecule has 0 aromatic carbocycles. The van der Waals surface area contributed by atoms with Crippen LogP contribution in [-0.4, -0.2) is 38.0 Å². The summed E-state index contributed by atoms with van der Waals surface area (Å²) in [6, 6.07) is 6.09. The molecule has 0 atom stereocenters. The Morgan fingerprint density at radius 2 is 1.96 bits per heavy atom. The molecule has 4 N–H and O–H groups in total. The Balaban J connectivity index is 1.97. The fourth-order valence-electron chi connectivity index (χ4n) is 2.63. The van der Waals surface area contributed by atoms with Crippen LogP contribution < -0.4 is 10.6 Å². The van der Waals surface area contributed by atoms with Crippen LogP contribution in [0.3, 0.4) is 0 Å². The lowest BCUT2D eigenvalue weighted by molar-refractivity contribution is 0.0749. The lowest BCUT2D eigenvalue weighted by Gasteiger charge is -2.22. The van der Waals surface area contributed by atoms with Crippen molar-refractivity contribution in [1.29, 1.82) is 0 Å². The maximum Gasteiger partial charge on any atom is 0.129 e. The van der Waals surface area contributed by atoms with Crippen molar-refractivity contribution in [3.63, 3.8) is 0 Å². The molecule has 0 unspecified atom stereocenters. The zero-order valence-corrected chi connectivity index (χ0v) is 16.8. The van der Waals surface area contributed by atoms with Crippen LogP contribution in [-0.2, 0) is 0 Å². The third kappa shape index (κ3) is 4.74. The van der Waals surface area contributed by atoms with Crippen LogP contribution in [0.25, 0.3) is 20.8 Å². The number of anilines is 2. The van der Waals surface area contributed by atoms with Crippen molar-refractivity contribution in [2.75, 3.05) is 17.2 Å². The zero-order chi connectivity index (χ0) is 18.9. The predicted molar refractivity (Wildman–Crippen MR) is 110 cm³/mol. The molecule has 3 rings (SSSR count). The highest BCUT2D eigenvalue weighted by molar-refractivity contribution is 7.22. The number of fused-ring (bicyclic) bond motifs is 1. The molecule has 0 saturated carbocycles. The third-order valence-electron chi connectivity index (χ3n) is 3.80. The molecule has 0 aliphatic carbocycles. The van der Waals surface area contributed by atoms with Gasteiger partial charge in [-0.3, -0.25) is 5.10 Å². The first kappa shape index (κ1) is 18.7. The zero-order valence-electron chi connectivity index (χ0n) is 16.0. The molecule has 0 amide bonds. The molecule has 26 heavy (non-hydrogen) atoms. The standard InChI is InChI=1S/C19H27N5OS/c1-18(2,3)23-16-11-13(20-9-7-19(4,5)25)17-14(22-16)10-15(26-17)12-6-8-21-24-12/h6,8,10-11,25H,7,9H2,1-5H3,(H,21,24)(H2,20,22,23). The van der Waals surface area contributed by atoms with E-state index in [2.05, 4.69) is 47.7 Å². The molecule has 6 nitrogen and oxygen atoms in total. The van der Waals surface area contributed by atoms with E-state index in [9.17, 15) is 5.11 Å². The van der Waals surface area contributed by atoms with Gasteiger partial charge < -0.3 is 15.7 Å². The largest absolute Gasteiger partial charge is 0.390 e. The second-order valence-electron chi connectivity index (χ2n) is 8.21. The van der Waals surface area contributed by atoms with Gasteiger partial charge >= 0.3 is 0 Å². The molecule has 0 aliphatic heterocycles. The van der Waals surface area contributed by atoms with E-state index in [4.69, 9.17) is 4.98 Å². The summed E-state index contributed by atoms with van der Waals surface area (Å²) < 4.78 is 1.10. The van der Waals surface area contributed by atoms with Crippen LogP contribution in [0.4, 0.5) is 11.5 Å². The summed E-state index contributed by atoms with van der Waals surface area (Å²) in [6.45, 7) is 10.7. The van der Waals surface area contributed by atoms with Crippen molar-refractivity contribution in [1.82, 2.24) is 15.2 Å². The van der Waals surface area contributed by atoms with Crippen LogP contribution in [0.15, 0.2) is 24.4 Å². The number of aromatic amines is 1. The molecule has 0 radical (unpaired) electrons. The van der Waals surface area contributed by atoms with Gasteiger partial charge in [0, 0.05) is 24.3 Å². The van der Waals surface area contributed by atoms with E-state index in [1.807, 2.05) is 26.0 Å². The molecule has 7 heteroatoms. The van der Waals surface area contributed by atoms with Crippen molar-refractivity contribution >= 4 is 33.1 Å². The molecule has 0 bridgehead atoms. The summed E-state index contributed by atoms with van der Waals surface area (Å²) in [4.78, 5) is 5.88. The summed E-state index contributed by atoms with van der Waals surface area (Å²) in [5, 5.41) is 23.9. The number of hydrogen-bond donors (Lipinski definition) is 4. The first-order valence-electron chi connectivity index (χ1n) is 8.79. The van der Waals surface area contributed by atoms with E-state index in [-0.39, 0.29) is 5.54 Å². The summed E-state index contributed by atoms with van der Waals surface area (Å²) in [6.07, 6.45) is 2.42. The number of nitrogens with one attached hydrogen (secondary N) is 3. The molecular weight excluding hydrogens is 346 g/mol. The van der Waals surface area contributed by atoms with Gasteiger partial charge in [-0.1, -0.05) is 0 Å². The minimum absolute atomic E-state index is 0.0761. The number of H-pyrrole nitrogens is 1. The first-order valence-corrected chi connectivity index (χ1v) is 9.61. The van der Waals surface area contributed by atoms with Gasteiger partial charge in [0.15, 0.2) is 0 Å². The van der Waals surface area contributed by atoms with Crippen LogP contribution in [0.5, 0.6) is 0 Å². The number of hydrogen-bond acceptors (Lipinski definition) is 6. The van der Waals surface area contributed by atoms with E-state index in [0.717, 1.165) is 32.3 Å². The molecule has 0 spiro atoms. The van der Waals surface area contributed by atoms with E-state index in [1.54, 1.807) is 17.5 Å². The minimum Gasteiger partial charge on any atom is -0.390 e. The maximum atomic E-state index is 9.97. The number of rotatable bonds is 6. The maximum absolute atomic E-state index is 9.97. The molecule has 0 aliphatic rings. The van der Waals surface area contributed by atoms with Crippen molar-refractivity contribution in [2.24, 2.45) is 0 Å². The van der Waals surface area contributed by atoms with Crippen molar-refractivity contribution in [3.8, 4) is 10.6 Å². The van der Waals surface area contributed by atoms with E-state index >= 15 is 0 Å². The summed E-state index contributed by atoms with van der Waals surface area (Å²) in [5.74, 6) is 0.838. The molecule has 3 aromatic rings. The van der Waals surface area contributed by atoms with Crippen LogP contribution in [0.2, 0.25) is 0 Å². The number of aliphatic hydroxyl groups is 1. The monoisotopic (exact) mass is 373 g/mol. The highest BCUT2D eigenvalue weighted by Gasteiger charge is 2.17. The van der Waals surface area contributed by atoms with Crippen LogP contribution in [0.1, 0.15) is 41.0 Å². The van der Waals surface area contributed by atoms with Gasteiger partial charge in [0.1, 0.15) is 5.82 Å². The minimum atomic E-state index is -0.692. The normalized spacial score (nSPS) is 12.5. The topological polar surface area (TPSA) is 85.9 Å². The second kappa shape index (κ2) is 6.89. The Labute approximate surface area is 158 Å². The molecule has 0 saturated heterocycles. The molecule has 0 fully saturated rings. The predicted octanol–water partition coefficient (Wildman–Crippen LogP) is 4.47. The lowest BCUT2D eigenvalue weighted by atomic mass is 10.1. The van der Waals surface area contributed by atoms with Gasteiger partial charge in [-0.2, -0.15) is 5.10 Å². The van der Waals surface area contributed by atoms with E-state index in [0.29, 0.717) is 13.0 Å². The second-order valence-corrected chi connectivity index (χ2v) is 9.27.